The molecule has 0 aromatic heterocycles. The average molecular weight is 249 g/mol. The van der Waals surface area contributed by atoms with Crippen LogP contribution in [0.1, 0.15) is 13.3 Å². The number of hydrogen-bond acceptors (Lipinski definition) is 3. The summed E-state index contributed by atoms with van der Waals surface area (Å²) in [6, 6.07) is 9.77. The van der Waals surface area contributed by atoms with Gasteiger partial charge in [0, 0.05) is 12.2 Å². The highest BCUT2D eigenvalue weighted by Crippen LogP contribution is 2.13. The van der Waals surface area contributed by atoms with Crippen LogP contribution in [0.25, 0.3) is 0 Å². The molecular formula is C14H23N3O. The summed E-state index contributed by atoms with van der Waals surface area (Å²) in [4.78, 5) is 16.0. The van der Waals surface area contributed by atoms with Crippen LogP contribution in [-0.2, 0) is 4.79 Å². The van der Waals surface area contributed by atoms with Crippen molar-refractivity contribution in [3.63, 3.8) is 0 Å². The Balaban J connectivity index is 2.58. The Bertz CT molecular complexity index is 353. The van der Waals surface area contributed by atoms with Crippen LogP contribution < -0.4 is 10.6 Å². The fourth-order valence-electron chi connectivity index (χ4n) is 1.87. The molecule has 0 aliphatic carbocycles. The molecular weight excluding hydrogens is 226 g/mol. The minimum atomic E-state index is 0.128. The second-order valence-corrected chi connectivity index (χ2v) is 4.35. The molecule has 0 unspecified atom stereocenters. The van der Waals surface area contributed by atoms with Gasteiger partial charge in [-0.05, 0) is 45.6 Å². The molecule has 1 rings (SSSR count). The van der Waals surface area contributed by atoms with E-state index in [1.54, 1.807) is 4.90 Å². The fourth-order valence-corrected chi connectivity index (χ4v) is 1.87. The van der Waals surface area contributed by atoms with Crippen LogP contribution in [0.5, 0.6) is 0 Å². The zero-order valence-corrected chi connectivity index (χ0v) is 11.3. The van der Waals surface area contributed by atoms with Crippen molar-refractivity contribution < 1.29 is 4.79 Å². The van der Waals surface area contributed by atoms with Crippen LogP contribution in [0.3, 0.4) is 0 Å². The maximum absolute atomic E-state index is 12.2. The van der Waals surface area contributed by atoms with Crippen molar-refractivity contribution in [1.29, 1.82) is 0 Å². The van der Waals surface area contributed by atoms with E-state index in [4.69, 9.17) is 5.73 Å². The van der Waals surface area contributed by atoms with Crippen LogP contribution in [0.4, 0.5) is 5.69 Å². The van der Waals surface area contributed by atoms with Gasteiger partial charge in [0.2, 0.25) is 5.91 Å². The van der Waals surface area contributed by atoms with Gasteiger partial charge in [0.05, 0.1) is 6.54 Å². The first-order valence-corrected chi connectivity index (χ1v) is 6.43. The Hall–Kier alpha value is -1.39. The van der Waals surface area contributed by atoms with E-state index in [0.29, 0.717) is 19.6 Å². The quantitative estimate of drug-likeness (QED) is 0.793. The third-order valence-electron chi connectivity index (χ3n) is 2.83. The molecule has 0 bridgehead atoms. The number of para-hydroxylation sites is 1. The van der Waals surface area contributed by atoms with Crippen molar-refractivity contribution in [2.45, 2.75) is 13.3 Å². The number of amides is 1. The van der Waals surface area contributed by atoms with Gasteiger partial charge in [-0.1, -0.05) is 18.2 Å². The van der Waals surface area contributed by atoms with Crippen molar-refractivity contribution in [3.05, 3.63) is 30.3 Å². The summed E-state index contributed by atoms with van der Waals surface area (Å²) in [5.41, 5.74) is 6.42. The van der Waals surface area contributed by atoms with Crippen molar-refractivity contribution >= 4 is 11.6 Å². The lowest BCUT2D eigenvalue weighted by Crippen LogP contribution is -2.39. The lowest BCUT2D eigenvalue weighted by molar-refractivity contribution is -0.119. The predicted octanol–water partition coefficient (Wildman–Crippen LogP) is 1.32. The largest absolute Gasteiger partial charge is 0.330 e. The molecule has 1 aromatic rings. The molecule has 18 heavy (non-hydrogen) atoms. The normalized spacial score (nSPS) is 10.7. The van der Waals surface area contributed by atoms with Crippen LogP contribution in [0.2, 0.25) is 0 Å². The Morgan fingerprint density at radius 2 is 1.94 bits per heavy atom. The van der Waals surface area contributed by atoms with Crippen LogP contribution in [0.15, 0.2) is 30.3 Å². The van der Waals surface area contributed by atoms with Crippen molar-refractivity contribution in [2.75, 3.05) is 38.1 Å². The second kappa shape index (κ2) is 7.84. The minimum absolute atomic E-state index is 0.128. The lowest BCUT2D eigenvalue weighted by Gasteiger charge is -2.24. The van der Waals surface area contributed by atoms with Gasteiger partial charge >= 0.3 is 0 Å². The number of nitrogens with two attached hydrogens (primary N) is 1. The maximum Gasteiger partial charge on any atom is 0.241 e. The number of likely N-dealkylation sites (N-methyl/N-ethyl adjacent to an activating group) is 2. The van der Waals surface area contributed by atoms with E-state index in [-0.39, 0.29) is 5.91 Å². The maximum atomic E-state index is 12.2. The Kier molecular flexibility index (Phi) is 6.39. The molecule has 0 saturated heterocycles. The molecule has 0 atom stereocenters. The summed E-state index contributed by atoms with van der Waals surface area (Å²) in [7, 11) is 1.95. The highest BCUT2D eigenvalue weighted by atomic mass is 16.2. The van der Waals surface area contributed by atoms with Crippen molar-refractivity contribution in [1.82, 2.24) is 4.90 Å². The second-order valence-electron chi connectivity index (χ2n) is 4.35. The molecule has 100 valence electrons. The zero-order chi connectivity index (χ0) is 13.4. The molecule has 0 fully saturated rings. The summed E-state index contributed by atoms with van der Waals surface area (Å²) in [6.45, 7) is 4.63. The van der Waals surface area contributed by atoms with E-state index >= 15 is 0 Å². The standard InChI is InChI=1S/C14H23N3O/c1-3-17(13-8-5-4-6-9-13)14(18)12-16(2)11-7-10-15/h4-6,8-9H,3,7,10-12,15H2,1-2H3. The molecule has 1 amide bonds. The van der Waals surface area contributed by atoms with Crippen LogP contribution >= 0.6 is 0 Å². The number of carbonyl (C=O) groups is 1. The SMILES string of the molecule is CCN(C(=O)CN(C)CCCN)c1ccccc1. The molecule has 0 aliphatic heterocycles. The smallest absolute Gasteiger partial charge is 0.241 e. The van der Waals surface area contributed by atoms with Crippen LogP contribution in [-0.4, -0.2) is 44.0 Å². The van der Waals surface area contributed by atoms with Gasteiger partial charge in [-0.15, -0.1) is 0 Å². The summed E-state index contributed by atoms with van der Waals surface area (Å²) >= 11 is 0. The average Bonchev–Trinajstić information content (AvgIpc) is 2.38. The van der Waals surface area contributed by atoms with E-state index in [2.05, 4.69) is 0 Å². The van der Waals surface area contributed by atoms with E-state index < -0.39 is 0 Å². The summed E-state index contributed by atoms with van der Waals surface area (Å²) < 4.78 is 0. The van der Waals surface area contributed by atoms with Gasteiger partial charge in [-0.3, -0.25) is 9.69 Å². The van der Waals surface area contributed by atoms with Gasteiger partial charge in [0.1, 0.15) is 0 Å². The highest BCUT2D eigenvalue weighted by Gasteiger charge is 2.15. The summed E-state index contributed by atoms with van der Waals surface area (Å²) in [6.07, 6.45) is 0.918. The van der Waals surface area contributed by atoms with Gasteiger partial charge in [0.15, 0.2) is 0 Å². The van der Waals surface area contributed by atoms with E-state index in [0.717, 1.165) is 18.7 Å². The van der Waals surface area contributed by atoms with Gasteiger partial charge in [-0.25, -0.2) is 0 Å². The van der Waals surface area contributed by atoms with E-state index in [1.807, 2.05) is 49.2 Å². The lowest BCUT2D eigenvalue weighted by atomic mass is 10.2. The predicted molar refractivity (Wildman–Crippen MR) is 75.6 cm³/mol. The number of nitrogens with zero attached hydrogens (tertiary/aromatic N) is 2. The van der Waals surface area contributed by atoms with Gasteiger partial charge in [0.25, 0.3) is 0 Å². The molecule has 0 saturated carbocycles. The summed E-state index contributed by atoms with van der Waals surface area (Å²) in [5, 5.41) is 0. The zero-order valence-electron chi connectivity index (χ0n) is 11.3. The number of hydrogen-bond donors (Lipinski definition) is 1. The first kappa shape index (κ1) is 14.7. The first-order chi connectivity index (χ1) is 8.69. The molecule has 0 aliphatic rings. The van der Waals surface area contributed by atoms with Crippen molar-refractivity contribution in [3.8, 4) is 0 Å². The minimum Gasteiger partial charge on any atom is -0.330 e. The van der Waals surface area contributed by atoms with E-state index in [1.165, 1.54) is 0 Å². The number of anilines is 1. The fraction of sp³-hybridized carbons (Fsp3) is 0.500. The Morgan fingerprint density at radius 1 is 1.28 bits per heavy atom. The monoisotopic (exact) mass is 249 g/mol. The summed E-state index contributed by atoms with van der Waals surface area (Å²) in [5.74, 6) is 0.128. The molecule has 1 aromatic carbocycles. The Labute approximate surface area is 109 Å². The molecule has 2 N–H and O–H groups in total. The first-order valence-electron chi connectivity index (χ1n) is 6.43. The highest BCUT2D eigenvalue weighted by molar-refractivity contribution is 5.94. The van der Waals surface area contributed by atoms with Crippen molar-refractivity contribution in [2.24, 2.45) is 5.73 Å². The topological polar surface area (TPSA) is 49.6 Å². The molecule has 0 spiro atoms. The van der Waals surface area contributed by atoms with E-state index in [9.17, 15) is 4.79 Å². The third kappa shape index (κ3) is 4.47. The van der Waals surface area contributed by atoms with Gasteiger partial charge in [-0.2, -0.15) is 0 Å². The molecule has 0 heterocycles. The number of rotatable bonds is 7. The molecule has 4 heteroatoms. The van der Waals surface area contributed by atoms with Gasteiger partial charge < -0.3 is 10.6 Å². The Morgan fingerprint density at radius 3 is 2.50 bits per heavy atom. The molecule has 0 radical (unpaired) electrons. The van der Waals surface area contributed by atoms with Crippen LogP contribution in [0, 0.1) is 0 Å². The number of carbonyl (C=O) groups excluding carboxylic acids is 1. The third-order valence-corrected chi connectivity index (χ3v) is 2.83. The number of benzene rings is 1. The molecule has 4 nitrogen and oxygen atoms in total.